The quantitative estimate of drug-likeness (QED) is 0.535. The Morgan fingerprint density at radius 1 is 1.64 bits per heavy atom. The van der Waals surface area contributed by atoms with Crippen molar-refractivity contribution in [1.82, 2.24) is 0 Å². The fraction of sp³-hybridized carbons (Fsp3) is 0.444. The summed E-state index contributed by atoms with van der Waals surface area (Å²) < 4.78 is 2.01. The number of aliphatic hydroxyl groups is 1. The second kappa shape index (κ2) is 2.31. The van der Waals surface area contributed by atoms with Gasteiger partial charge in [0, 0.05) is 11.6 Å². The van der Waals surface area contributed by atoms with Crippen molar-refractivity contribution in [1.29, 1.82) is 0 Å². The molecule has 1 aliphatic carbocycles. The van der Waals surface area contributed by atoms with Crippen LogP contribution in [0.25, 0.3) is 0 Å². The van der Waals surface area contributed by atoms with Crippen LogP contribution in [-0.4, -0.2) is 5.11 Å². The molecule has 1 aromatic rings. The van der Waals surface area contributed by atoms with Crippen molar-refractivity contribution >= 4 is 0 Å². The molecule has 1 aliphatic rings. The molecular weight excluding hydrogens is 138 g/mol. The average molecular weight is 150 g/mol. The van der Waals surface area contributed by atoms with Gasteiger partial charge in [-0.25, -0.2) is 4.57 Å². The molecule has 0 bridgehead atoms. The van der Waals surface area contributed by atoms with Crippen molar-refractivity contribution in [2.45, 2.75) is 18.9 Å². The van der Waals surface area contributed by atoms with E-state index in [9.17, 15) is 5.11 Å². The summed E-state index contributed by atoms with van der Waals surface area (Å²) in [6.07, 6.45) is 3.64. The van der Waals surface area contributed by atoms with E-state index in [0.29, 0.717) is 0 Å². The van der Waals surface area contributed by atoms with Crippen LogP contribution in [0.4, 0.5) is 0 Å². The lowest BCUT2D eigenvalue weighted by molar-refractivity contribution is -0.682. The zero-order valence-corrected chi connectivity index (χ0v) is 6.62. The molecule has 0 fully saturated rings. The highest BCUT2D eigenvalue weighted by atomic mass is 16.3. The molecule has 0 spiro atoms. The highest BCUT2D eigenvalue weighted by Crippen LogP contribution is 2.26. The van der Waals surface area contributed by atoms with Crippen LogP contribution < -0.4 is 4.57 Å². The molecule has 1 unspecified atom stereocenters. The van der Waals surface area contributed by atoms with E-state index in [1.54, 1.807) is 0 Å². The molecule has 2 nitrogen and oxygen atoms in total. The molecule has 1 N–H and O–H groups in total. The number of aromatic nitrogens is 1. The van der Waals surface area contributed by atoms with Gasteiger partial charge in [0.05, 0.1) is 0 Å². The van der Waals surface area contributed by atoms with Gasteiger partial charge in [0.15, 0.2) is 6.20 Å². The average Bonchev–Trinajstić information content (AvgIpc) is 2.34. The normalized spacial score (nSPS) is 21.8. The number of nitrogens with zero attached hydrogens (tertiary/aromatic N) is 1. The van der Waals surface area contributed by atoms with Gasteiger partial charge in [-0.1, -0.05) is 0 Å². The number of aryl methyl sites for hydroxylation is 2. The van der Waals surface area contributed by atoms with E-state index in [-0.39, 0.29) is 6.10 Å². The van der Waals surface area contributed by atoms with Gasteiger partial charge in [-0.05, 0) is 18.9 Å². The van der Waals surface area contributed by atoms with E-state index in [1.165, 1.54) is 5.56 Å². The Hall–Kier alpha value is -0.890. The lowest BCUT2D eigenvalue weighted by atomic mass is 10.2. The largest absolute Gasteiger partial charge is 0.382 e. The molecule has 2 rings (SSSR count). The molecule has 2 heteroatoms. The molecule has 0 radical (unpaired) electrons. The van der Waals surface area contributed by atoms with Gasteiger partial charge in [0.2, 0.25) is 5.69 Å². The Morgan fingerprint density at radius 3 is 3.18 bits per heavy atom. The Balaban J connectivity index is 2.58. The summed E-state index contributed by atoms with van der Waals surface area (Å²) >= 11 is 0. The monoisotopic (exact) mass is 150 g/mol. The van der Waals surface area contributed by atoms with Gasteiger partial charge < -0.3 is 5.11 Å². The van der Waals surface area contributed by atoms with Gasteiger partial charge in [0.1, 0.15) is 13.2 Å². The number of hydrogen-bond donors (Lipinski definition) is 1. The Morgan fingerprint density at radius 2 is 2.45 bits per heavy atom. The van der Waals surface area contributed by atoms with Crippen LogP contribution in [0.1, 0.15) is 23.8 Å². The van der Waals surface area contributed by atoms with Crippen LogP contribution in [0.3, 0.4) is 0 Å². The number of pyridine rings is 1. The second-order valence-corrected chi connectivity index (χ2v) is 3.08. The maximum absolute atomic E-state index is 9.54. The zero-order chi connectivity index (χ0) is 7.84. The third-order valence-electron chi connectivity index (χ3n) is 2.32. The second-order valence-electron chi connectivity index (χ2n) is 3.08. The summed E-state index contributed by atoms with van der Waals surface area (Å²) in [6, 6.07) is 4.11. The maximum Gasteiger partial charge on any atom is 0.213 e. The number of fused-ring (bicyclic) bond motifs is 1. The zero-order valence-electron chi connectivity index (χ0n) is 6.62. The van der Waals surface area contributed by atoms with Gasteiger partial charge in [-0.2, -0.15) is 0 Å². The first-order chi connectivity index (χ1) is 5.29. The smallest absolute Gasteiger partial charge is 0.213 e. The predicted molar refractivity (Wildman–Crippen MR) is 40.9 cm³/mol. The first-order valence-corrected chi connectivity index (χ1v) is 3.94. The molecule has 1 heterocycles. The van der Waals surface area contributed by atoms with Crippen LogP contribution >= 0.6 is 0 Å². The molecule has 0 saturated carbocycles. The summed E-state index contributed by atoms with van der Waals surface area (Å²) in [5, 5.41) is 9.54. The van der Waals surface area contributed by atoms with Crippen molar-refractivity contribution < 1.29 is 9.67 Å². The summed E-state index contributed by atoms with van der Waals surface area (Å²) in [5.74, 6) is 0. The molecule has 1 aromatic heterocycles. The highest BCUT2D eigenvalue weighted by molar-refractivity contribution is 5.22. The van der Waals surface area contributed by atoms with E-state index < -0.39 is 0 Å². The molecule has 11 heavy (non-hydrogen) atoms. The minimum absolute atomic E-state index is 0.240. The van der Waals surface area contributed by atoms with Crippen LogP contribution in [0.15, 0.2) is 18.3 Å². The SMILES string of the molecule is C[n+]1cccc2c1C(O)CC2. The van der Waals surface area contributed by atoms with E-state index in [2.05, 4.69) is 6.07 Å². The molecule has 0 saturated heterocycles. The maximum atomic E-state index is 9.54. The first kappa shape index (κ1) is 6.80. The van der Waals surface area contributed by atoms with Gasteiger partial charge >= 0.3 is 0 Å². The molecule has 0 aromatic carbocycles. The summed E-state index contributed by atoms with van der Waals surface area (Å²) in [7, 11) is 1.98. The van der Waals surface area contributed by atoms with Gasteiger partial charge in [-0.3, -0.25) is 0 Å². The van der Waals surface area contributed by atoms with Crippen molar-refractivity contribution in [3.05, 3.63) is 29.6 Å². The topological polar surface area (TPSA) is 24.1 Å². The molecule has 58 valence electrons. The van der Waals surface area contributed by atoms with E-state index in [4.69, 9.17) is 0 Å². The number of hydrogen-bond acceptors (Lipinski definition) is 1. The minimum Gasteiger partial charge on any atom is -0.382 e. The van der Waals surface area contributed by atoms with Crippen molar-refractivity contribution in [2.75, 3.05) is 0 Å². The van der Waals surface area contributed by atoms with Crippen LogP contribution in [0.5, 0.6) is 0 Å². The van der Waals surface area contributed by atoms with Crippen molar-refractivity contribution in [2.24, 2.45) is 7.05 Å². The third kappa shape index (κ3) is 0.942. The summed E-state index contributed by atoms with van der Waals surface area (Å²) in [5.41, 5.74) is 2.38. The van der Waals surface area contributed by atoms with Gasteiger partial charge in [-0.15, -0.1) is 0 Å². The summed E-state index contributed by atoms with van der Waals surface area (Å²) in [6.45, 7) is 0. The van der Waals surface area contributed by atoms with E-state index in [1.807, 2.05) is 23.9 Å². The summed E-state index contributed by atoms with van der Waals surface area (Å²) in [4.78, 5) is 0. The van der Waals surface area contributed by atoms with E-state index >= 15 is 0 Å². The van der Waals surface area contributed by atoms with Crippen LogP contribution in [0, 0.1) is 0 Å². The Bertz CT molecular complexity index is 283. The molecule has 0 amide bonds. The lowest BCUT2D eigenvalue weighted by Gasteiger charge is -1.99. The van der Waals surface area contributed by atoms with Crippen LogP contribution in [0.2, 0.25) is 0 Å². The number of rotatable bonds is 0. The minimum atomic E-state index is -0.240. The molecule has 1 atom stereocenters. The van der Waals surface area contributed by atoms with Crippen LogP contribution in [-0.2, 0) is 13.5 Å². The lowest BCUT2D eigenvalue weighted by Crippen LogP contribution is -2.34. The Labute approximate surface area is 66.1 Å². The van der Waals surface area contributed by atoms with Crippen molar-refractivity contribution in [3.63, 3.8) is 0 Å². The molecular formula is C9H12NO+. The molecule has 0 aliphatic heterocycles. The Kier molecular flexibility index (Phi) is 1.43. The highest BCUT2D eigenvalue weighted by Gasteiger charge is 2.27. The van der Waals surface area contributed by atoms with Gasteiger partial charge in [0.25, 0.3) is 0 Å². The fourth-order valence-electron chi connectivity index (χ4n) is 1.77. The number of aliphatic hydroxyl groups excluding tert-OH is 1. The fourth-order valence-corrected chi connectivity index (χ4v) is 1.77. The standard InChI is InChI=1S/C9H12NO/c1-10-6-2-3-7-4-5-8(11)9(7)10/h2-3,6,8,11H,4-5H2,1H3/q+1. The predicted octanol–water partition coefficient (Wildman–Crippen LogP) is 0.491. The third-order valence-corrected chi connectivity index (χ3v) is 2.32. The van der Waals surface area contributed by atoms with Crippen molar-refractivity contribution in [3.8, 4) is 0 Å². The van der Waals surface area contributed by atoms with E-state index in [0.717, 1.165) is 18.5 Å². The first-order valence-electron chi connectivity index (χ1n) is 3.94.